The first-order chi connectivity index (χ1) is 10.7. The number of carbonyl (C=O) groups is 1. The van der Waals surface area contributed by atoms with Crippen LogP contribution < -0.4 is 10.1 Å². The van der Waals surface area contributed by atoms with Crippen LogP contribution in [0.15, 0.2) is 24.3 Å². The van der Waals surface area contributed by atoms with Crippen molar-refractivity contribution in [2.75, 3.05) is 11.9 Å². The maximum absolute atomic E-state index is 12.4. The standard InChI is InChI=1S/C17H20N2O2S/c1-3-21-14-7-5-13(6-8-14)19-17(20)12-4-9-15-16(10-12)22-11(2)18-15/h5-8,12H,3-4,9-10H2,1-2H3,(H,19,20). The predicted octanol–water partition coefficient (Wildman–Crippen LogP) is 3.59. The van der Waals surface area contributed by atoms with E-state index in [2.05, 4.69) is 10.3 Å². The first-order valence-corrected chi connectivity index (χ1v) is 8.46. The van der Waals surface area contributed by atoms with E-state index in [4.69, 9.17) is 4.74 Å². The zero-order valence-corrected chi connectivity index (χ0v) is 13.7. The lowest BCUT2D eigenvalue weighted by atomic mass is 9.90. The number of amides is 1. The first-order valence-electron chi connectivity index (χ1n) is 7.64. The Morgan fingerprint density at radius 1 is 1.41 bits per heavy atom. The minimum absolute atomic E-state index is 0.0407. The lowest BCUT2D eigenvalue weighted by Gasteiger charge is -2.20. The summed E-state index contributed by atoms with van der Waals surface area (Å²) >= 11 is 1.72. The van der Waals surface area contributed by atoms with Crippen LogP contribution >= 0.6 is 11.3 Å². The summed E-state index contributed by atoms with van der Waals surface area (Å²) in [5.74, 6) is 0.961. The Morgan fingerprint density at radius 3 is 2.91 bits per heavy atom. The van der Waals surface area contributed by atoms with E-state index < -0.39 is 0 Å². The normalized spacial score (nSPS) is 16.9. The summed E-state index contributed by atoms with van der Waals surface area (Å²) in [6.45, 7) is 4.62. The molecule has 4 nitrogen and oxygen atoms in total. The van der Waals surface area contributed by atoms with E-state index in [1.54, 1.807) is 11.3 Å². The van der Waals surface area contributed by atoms with Gasteiger partial charge in [-0.3, -0.25) is 4.79 Å². The highest BCUT2D eigenvalue weighted by Gasteiger charge is 2.27. The van der Waals surface area contributed by atoms with Gasteiger partial charge >= 0.3 is 0 Å². The monoisotopic (exact) mass is 316 g/mol. The molecule has 1 heterocycles. The van der Waals surface area contributed by atoms with Gasteiger partial charge in [0.05, 0.1) is 17.3 Å². The Labute approximate surface area is 134 Å². The third kappa shape index (κ3) is 3.30. The molecule has 1 aromatic heterocycles. The van der Waals surface area contributed by atoms with Crippen molar-refractivity contribution >= 4 is 22.9 Å². The molecule has 2 aromatic rings. The number of rotatable bonds is 4. The molecule has 116 valence electrons. The third-order valence-corrected chi connectivity index (χ3v) is 4.89. The number of aryl methyl sites for hydroxylation is 2. The van der Waals surface area contributed by atoms with Crippen LogP contribution in [0.1, 0.15) is 28.9 Å². The SMILES string of the molecule is CCOc1ccc(NC(=O)C2CCc3nc(C)sc3C2)cc1. The molecule has 0 spiro atoms. The van der Waals surface area contributed by atoms with Crippen LogP contribution in [0.4, 0.5) is 5.69 Å². The van der Waals surface area contributed by atoms with Crippen molar-refractivity contribution in [1.29, 1.82) is 0 Å². The van der Waals surface area contributed by atoms with E-state index in [1.165, 1.54) is 10.6 Å². The van der Waals surface area contributed by atoms with E-state index >= 15 is 0 Å². The van der Waals surface area contributed by atoms with Gasteiger partial charge in [0.2, 0.25) is 5.91 Å². The maximum Gasteiger partial charge on any atom is 0.227 e. The summed E-state index contributed by atoms with van der Waals surface area (Å²) in [5.41, 5.74) is 2.01. The molecule has 1 atom stereocenters. The zero-order valence-electron chi connectivity index (χ0n) is 12.9. The topological polar surface area (TPSA) is 51.2 Å². The largest absolute Gasteiger partial charge is 0.494 e. The maximum atomic E-state index is 12.4. The number of aromatic nitrogens is 1. The van der Waals surface area contributed by atoms with Crippen LogP contribution in [0.2, 0.25) is 0 Å². The number of benzene rings is 1. The Bertz CT molecular complexity index is 664. The molecule has 1 N–H and O–H groups in total. The summed E-state index contributed by atoms with van der Waals surface area (Å²) in [6, 6.07) is 7.53. The fourth-order valence-electron chi connectivity index (χ4n) is 2.77. The molecule has 0 saturated carbocycles. The van der Waals surface area contributed by atoms with Gasteiger partial charge < -0.3 is 10.1 Å². The summed E-state index contributed by atoms with van der Waals surface area (Å²) < 4.78 is 5.41. The van der Waals surface area contributed by atoms with Crippen LogP contribution in [-0.4, -0.2) is 17.5 Å². The molecule has 1 aliphatic carbocycles. The molecule has 22 heavy (non-hydrogen) atoms. The molecule has 0 fully saturated rings. The van der Waals surface area contributed by atoms with Crippen molar-refractivity contribution in [1.82, 2.24) is 4.98 Å². The van der Waals surface area contributed by atoms with Gasteiger partial charge in [0.1, 0.15) is 5.75 Å². The molecule has 0 aliphatic heterocycles. The zero-order chi connectivity index (χ0) is 15.5. The smallest absolute Gasteiger partial charge is 0.227 e. The Kier molecular flexibility index (Phi) is 4.43. The summed E-state index contributed by atoms with van der Waals surface area (Å²) in [5, 5.41) is 4.10. The molecule has 1 amide bonds. The average Bonchev–Trinajstić information content (AvgIpc) is 2.88. The fraction of sp³-hybridized carbons (Fsp3) is 0.412. The molecule has 0 bridgehead atoms. The predicted molar refractivity (Wildman–Crippen MR) is 88.6 cm³/mol. The Balaban J connectivity index is 1.62. The van der Waals surface area contributed by atoms with Gasteiger partial charge in [0.25, 0.3) is 0 Å². The number of nitrogens with zero attached hydrogens (tertiary/aromatic N) is 1. The number of hydrogen-bond acceptors (Lipinski definition) is 4. The van der Waals surface area contributed by atoms with Crippen molar-refractivity contribution in [3.8, 4) is 5.75 Å². The fourth-order valence-corrected chi connectivity index (χ4v) is 3.84. The second-order valence-electron chi connectivity index (χ2n) is 5.49. The van der Waals surface area contributed by atoms with Crippen molar-refractivity contribution in [2.45, 2.75) is 33.1 Å². The molecule has 0 radical (unpaired) electrons. The molecule has 0 saturated heterocycles. The van der Waals surface area contributed by atoms with Gasteiger partial charge in [-0.05, 0) is 57.4 Å². The van der Waals surface area contributed by atoms with Gasteiger partial charge in [-0.25, -0.2) is 4.98 Å². The van der Waals surface area contributed by atoms with Crippen LogP contribution in [-0.2, 0) is 17.6 Å². The lowest BCUT2D eigenvalue weighted by Crippen LogP contribution is -2.27. The first kappa shape index (κ1) is 15.0. The van der Waals surface area contributed by atoms with Crippen molar-refractivity contribution < 1.29 is 9.53 Å². The van der Waals surface area contributed by atoms with E-state index in [1.807, 2.05) is 38.1 Å². The highest BCUT2D eigenvalue weighted by Crippen LogP contribution is 2.30. The number of fused-ring (bicyclic) bond motifs is 1. The number of anilines is 1. The van der Waals surface area contributed by atoms with E-state index in [-0.39, 0.29) is 11.8 Å². The van der Waals surface area contributed by atoms with Crippen LogP contribution in [0.3, 0.4) is 0 Å². The molecule has 1 aliphatic rings. The minimum atomic E-state index is 0.0407. The van der Waals surface area contributed by atoms with Crippen LogP contribution in [0.5, 0.6) is 5.75 Å². The number of carbonyl (C=O) groups excluding carboxylic acids is 1. The van der Waals surface area contributed by atoms with Gasteiger partial charge in [-0.2, -0.15) is 0 Å². The number of hydrogen-bond donors (Lipinski definition) is 1. The number of thiazole rings is 1. The highest BCUT2D eigenvalue weighted by molar-refractivity contribution is 7.11. The molecule has 3 rings (SSSR count). The van der Waals surface area contributed by atoms with Gasteiger partial charge in [-0.1, -0.05) is 0 Å². The van der Waals surface area contributed by atoms with E-state index in [9.17, 15) is 4.79 Å². The summed E-state index contributed by atoms with van der Waals surface area (Å²) in [4.78, 5) is 18.2. The second-order valence-corrected chi connectivity index (χ2v) is 6.78. The van der Waals surface area contributed by atoms with Gasteiger partial charge in [0.15, 0.2) is 0 Å². The highest BCUT2D eigenvalue weighted by atomic mass is 32.1. The lowest BCUT2D eigenvalue weighted by molar-refractivity contribution is -0.120. The molecule has 5 heteroatoms. The average molecular weight is 316 g/mol. The van der Waals surface area contributed by atoms with Crippen molar-refractivity contribution in [3.63, 3.8) is 0 Å². The van der Waals surface area contributed by atoms with Crippen LogP contribution in [0.25, 0.3) is 0 Å². The van der Waals surface area contributed by atoms with E-state index in [0.29, 0.717) is 6.61 Å². The van der Waals surface area contributed by atoms with Crippen molar-refractivity contribution in [3.05, 3.63) is 39.8 Å². The molecular formula is C17H20N2O2S. The van der Waals surface area contributed by atoms with E-state index in [0.717, 1.165) is 35.7 Å². The summed E-state index contributed by atoms with van der Waals surface area (Å²) in [7, 11) is 0. The van der Waals surface area contributed by atoms with Gasteiger partial charge in [-0.15, -0.1) is 11.3 Å². The second kappa shape index (κ2) is 6.48. The molecule has 1 unspecified atom stereocenters. The van der Waals surface area contributed by atoms with Gasteiger partial charge in [0, 0.05) is 16.5 Å². The van der Waals surface area contributed by atoms with Crippen molar-refractivity contribution in [2.24, 2.45) is 5.92 Å². The molecule has 1 aromatic carbocycles. The Hall–Kier alpha value is -1.88. The third-order valence-electron chi connectivity index (χ3n) is 3.85. The quantitative estimate of drug-likeness (QED) is 0.938. The number of nitrogens with one attached hydrogen (secondary N) is 1. The minimum Gasteiger partial charge on any atom is -0.494 e. The summed E-state index contributed by atoms with van der Waals surface area (Å²) in [6.07, 6.45) is 2.59. The Morgan fingerprint density at radius 2 is 2.18 bits per heavy atom. The number of ether oxygens (including phenoxy) is 1. The molecular weight excluding hydrogens is 296 g/mol. The van der Waals surface area contributed by atoms with Crippen LogP contribution in [0, 0.1) is 12.8 Å².